The first kappa shape index (κ1) is 31.7. The summed E-state index contributed by atoms with van der Waals surface area (Å²) < 4.78 is 2.31. The maximum absolute atomic E-state index is 5.51. The van der Waals surface area contributed by atoms with Gasteiger partial charge in [-0.05, 0) is 84.0 Å². The molecule has 2 heterocycles. The highest BCUT2D eigenvalue weighted by molar-refractivity contribution is 6.27. The van der Waals surface area contributed by atoms with Gasteiger partial charge in [0.15, 0.2) is 0 Å². The topological polar surface area (TPSA) is 30.7 Å². The van der Waals surface area contributed by atoms with Gasteiger partial charge < -0.3 is 0 Å². The van der Waals surface area contributed by atoms with Crippen LogP contribution >= 0.6 is 0 Å². The molecule has 0 aliphatic heterocycles. The summed E-state index contributed by atoms with van der Waals surface area (Å²) >= 11 is 0. The highest BCUT2D eigenvalue weighted by Crippen LogP contribution is 2.45. The molecule has 0 aliphatic carbocycles. The number of para-hydroxylation sites is 2. The van der Waals surface area contributed by atoms with E-state index < -0.39 is 0 Å². The van der Waals surface area contributed by atoms with E-state index in [2.05, 4.69) is 205 Å². The number of aromatic nitrogens is 3. The third kappa shape index (κ3) is 4.86. The fourth-order valence-corrected chi connectivity index (χ4v) is 9.19. The Morgan fingerprint density at radius 1 is 0.316 bits per heavy atom. The quantitative estimate of drug-likeness (QED) is 0.169. The van der Waals surface area contributed by atoms with Gasteiger partial charge in [0.25, 0.3) is 0 Å². The van der Waals surface area contributed by atoms with Crippen LogP contribution in [0, 0.1) is 0 Å². The second-order valence-corrected chi connectivity index (χ2v) is 14.9. The summed E-state index contributed by atoms with van der Waals surface area (Å²) in [6.07, 6.45) is 0. The Hall–Kier alpha value is -7.62. The van der Waals surface area contributed by atoms with Gasteiger partial charge in [-0.25, -0.2) is 9.97 Å². The smallest absolute Gasteiger partial charge is 0.235 e. The third-order valence-corrected chi connectivity index (χ3v) is 11.8. The summed E-state index contributed by atoms with van der Waals surface area (Å²) in [6, 6.07) is 72.1. The Labute approximate surface area is 328 Å². The van der Waals surface area contributed by atoms with Crippen LogP contribution in [-0.4, -0.2) is 14.5 Å². The predicted octanol–water partition coefficient (Wildman–Crippen LogP) is 14.3. The first-order valence-corrected chi connectivity index (χ1v) is 19.5. The van der Waals surface area contributed by atoms with E-state index in [0.717, 1.165) is 38.8 Å². The fourth-order valence-electron chi connectivity index (χ4n) is 9.19. The number of fused-ring (bicyclic) bond motifs is 11. The van der Waals surface area contributed by atoms with Crippen molar-refractivity contribution in [2.45, 2.75) is 0 Å². The molecule has 0 saturated carbocycles. The molecule has 0 fully saturated rings. The molecule has 10 aromatic carbocycles. The molecule has 3 heteroatoms. The molecule has 0 spiro atoms. The SMILES string of the molecule is c1ccc(-c2ccc(-c3nc(-n4c5ccccc5c5cc6ccccc6c(-c6ccc7c8ccccc8c8ccccc8c7c6)c54)nc4ccccc34)cc2)cc1. The van der Waals surface area contributed by atoms with Crippen LogP contribution in [0.2, 0.25) is 0 Å². The zero-order chi connectivity index (χ0) is 37.5. The molecule has 2 aromatic heterocycles. The lowest BCUT2D eigenvalue weighted by Crippen LogP contribution is -2.04. The molecule has 0 atom stereocenters. The molecule has 0 N–H and O–H groups in total. The monoisotopic (exact) mass is 723 g/mol. The molecule has 0 aliphatic rings. The maximum Gasteiger partial charge on any atom is 0.235 e. The van der Waals surface area contributed by atoms with E-state index in [1.165, 1.54) is 70.6 Å². The van der Waals surface area contributed by atoms with E-state index in [9.17, 15) is 0 Å². The van der Waals surface area contributed by atoms with E-state index in [4.69, 9.17) is 9.97 Å². The van der Waals surface area contributed by atoms with Crippen LogP contribution in [0.15, 0.2) is 200 Å². The van der Waals surface area contributed by atoms with E-state index in [1.54, 1.807) is 0 Å². The molecule has 0 saturated heterocycles. The predicted molar refractivity (Wildman–Crippen MR) is 240 cm³/mol. The van der Waals surface area contributed by atoms with Crippen molar-refractivity contribution in [2.24, 2.45) is 0 Å². The van der Waals surface area contributed by atoms with Crippen LogP contribution in [0.5, 0.6) is 0 Å². The van der Waals surface area contributed by atoms with Crippen molar-refractivity contribution in [3.05, 3.63) is 200 Å². The number of rotatable bonds is 4. The zero-order valence-electron chi connectivity index (χ0n) is 30.9. The molecular formula is C54H33N3. The van der Waals surface area contributed by atoms with Crippen molar-refractivity contribution < 1.29 is 0 Å². The normalized spacial score (nSPS) is 11.9. The molecule has 0 bridgehead atoms. The van der Waals surface area contributed by atoms with Crippen molar-refractivity contribution in [1.29, 1.82) is 0 Å². The first-order chi connectivity index (χ1) is 28.3. The Bertz CT molecular complexity index is 3530. The second-order valence-electron chi connectivity index (χ2n) is 14.9. The minimum absolute atomic E-state index is 0.649. The number of nitrogens with zero attached hydrogens (tertiary/aromatic N) is 3. The van der Waals surface area contributed by atoms with E-state index in [1.807, 2.05) is 0 Å². The Balaban J connectivity index is 1.18. The van der Waals surface area contributed by atoms with Crippen molar-refractivity contribution in [3.8, 4) is 39.5 Å². The highest BCUT2D eigenvalue weighted by Gasteiger charge is 2.23. The summed E-state index contributed by atoms with van der Waals surface area (Å²) in [5.41, 5.74) is 9.73. The Morgan fingerprint density at radius 3 is 1.58 bits per heavy atom. The zero-order valence-corrected chi connectivity index (χ0v) is 30.9. The van der Waals surface area contributed by atoms with Crippen LogP contribution < -0.4 is 0 Å². The van der Waals surface area contributed by atoms with Gasteiger partial charge in [0.1, 0.15) is 0 Å². The molecule has 0 unspecified atom stereocenters. The minimum Gasteiger partial charge on any atom is -0.277 e. The van der Waals surface area contributed by atoms with Gasteiger partial charge in [-0.15, -0.1) is 0 Å². The highest BCUT2D eigenvalue weighted by atomic mass is 15.2. The summed E-state index contributed by atoms with van der Waals surface area (Å²) in [7, 11) is 0. The lowest BCUT2D eigenvalue weighted by molar-refractivity contribution is 1.01. The summed E-state index contributed by atoms with van der Waals surface area (Å²) in [4.78, 5) is 10.9. The van der Waals surface area contributed by atoms with Gasteiger partial charge in [-0.2, -0.15) is 0 Å². The minimum atomic E-state index is 0.649. The van der Waals surface area contributed by atoms with E-state index in [0.29, 0.717) is 5.95 Å². The Morgan fingerprint density at radius 2 is 0.842 bits per heavy atom. The van der Waals surface area contributed by atoms with Crippen molar-refractivity contribution in [3.63, 3.8) is 0 Å². The average molecular weight is 724 g/mol. The van der Waals surface area contributed by atoms with E-state index in [-0.39, 0.29) is 0 Å². The van der Waals surface area contributed by atoms with Crippen molar-refractivity contribution in [2.75, 3.05) is 0 Å². The lowest BCUT2D eigenvalue weighted by Gasteiger charge is -2.16. The maximum atomic E-state index is 5.51. The fraction of sp³-hybridized carbons (Fsp3) is 0. The lowest BCUT2D eigenvalue weighted by atomic mass is 9.90. The number of benzene rings is 10. The third-order valence-electron chi connectivity index (χ3n) is 11.8. The van der Waals surface area contributed by atoms with Gasteiger partial charge >= 0.3 is 0 Å². The summed E-state index contributed by atoms with van der Waals surface area (Å²) in [5, 5.41) is 13.3. The standard InChI is InChI=1S/C54H33N3/c1-2-14-34(15-3-1)35-26-28-36(29-27-35)52-46-23-10-12-24-49(46)55-54(56-52)57-50-25-13-11-22-45(50)48-32-37-16-4-5-17-39(37)51(53(48)57)38-30-31-44-42-20-7-6-18-40(42)41-19-8-9-21-43(41)47(44)33-38/h1-33H. The summed E-state index contributed by atoms with van der Waals surface area (Å²) in [6.45, 7) is 0. The van der Waals surface area contributed by atoms with Crippen LogP contribution in [0.3, 0.4) is 0 Å². The van der Waals surface area contributed by atoms with Crippen molar-refractivity contribution in [1.82, 2.24) is 14.5 Å². The van der Waals surface area contributed by atoms with Gasteiger partial charge in [0, 0.05) is 27.3 Å². The summed E-state index contributed by atoms with van der Waals surface area (Å²) in [5.74, 6) is 0.649. The van der Waals surface area contributed by atoms with Gasteiger partial charge in [-0.3, -0.25) is 4.57 Å². The second kappa shape index (κ2) is 12.5. The van der Waals surface area contributed by atoms with Crippen LogP contribution in [0.4, 0.5) is 0 Å². The molecular weight excluding hydrogens is 691 g/mol. The van der Waals surface area contributed by atoms with Crippen LogP contribution in [-0.2, 0) is 0 Å². The molecule has 0 radical (unpaired) electrons. The molecule has 12 aromatic rings. The van der Waals surface area contributed by atoms with Crippen LogP contribution in [0.25, 0.3) is 115 Å². The van der Waals surface area contributed by atoms with Gasteiger partial charge in [0.05, 0.1) is 22.2 Å². The first-order valence-electron chi connectivity index (χ1n) is 19.5. The number of hydrogen-bond donors (Lipinski definition) is 0. The molecule has 12 rings (SSSR count). The number of hydrogen-bond acceptors (Lipinski definition) is 2. The molecule has 264 valence electrons. The average Bonchev–Trinajstić information content (AvgIpc) is 3.62. The Kier molecular flexibility index (Phi) is 6.93. The molecule has 3 nitrogen and oxygen atoms in total. The van der Waals surface area contributed by atoms with Gasteiger partial charge in [0.2, 0.25) is 5.95 Å². The molecule has 57 heavy (non-hydrogen) atoms. The van der Waals surface area contributed by atoms with Crippen molar-refractivity contribution >= 4 is 75.8 Å². The van der Waals surface area contributed by atoms with Gasteiger partial charge in [-0.1, -0.05) is 176 Å². The van der Waals surface area contributed by atoms with Crippen LogP contribution in [0.1, 0.15) is 0 Å². The van der Waals surface area contributed by atoms with E-state index >= 15 is 0 Å². The molecule has 0 amide bonds. The largest absolute Gasteiger partial charge is 0.277 e.